The first-order valence-corrected chi connectivity index (χ1v) is 7.45. The average molecular weight is 324 g/mol. The summed E-state index contributed by atoms with van der Waals surface area (Å²) in [6.45, 7) is 2.86. The van der Waals surface area contributed by atoms with Gasteiger partial charge in [-0.05, 0) is 22.4 Å². The molecule has 0 bridgehead atoms. The maximum absolute atomic E-state index is 5.61. The van der Waals surface area contributed by atoms with Crippen molar-refractivity contribution in [2.24, 2.45) is 0 Å². The van der Waals surface area contributed by atoms with Gasteiger partial charge in [-0.25, -0.2) is 0 Å². The Morgan fingerprint density at radius 1 is 1.16 bits per heavy atom. The van der Waals surface area contributed by atoms with Gasteiger partial charge in [-0.2, -0.15) is 0 Å². The van der Waals surface area contributed by atoms with Gasteiger partial charge in [-0.1, -0.05) is 61.7 Å². The van der Waals surface area contributed by atoms with Crippen LogP contribution in [0.1, 0.15) is 32.6 Å². The van der Waals surface area contributed by atoms with Crippen molar-refractivity contribution in [2.45, 2.75) is 32.6 Å². The van der Waals surface area contributed by atoms with Crippen molar-refractivity contribution < 1.29 is 9.26 Å². The molecule has 0 unspecified atom stereocenters. The Morgan fingerprint density at radius 3 is 2.68 bits per heavy atom. The lowest BCUT2D eigenvalue weighted by molar-refractivity contribution is 0.208. The molecule has 2 rings (SSSR count). The summed E-state index contributed by atoms with van der Waals surface area (Å²) in [5, 5.41) is 4.05. The van der Waals surface area contributed by atoms with Crippen molar-refractivity contribution in [3.63, 3.8) is 0 Å². The molecule has 0 spiro atoms. The van der Waals surface area contributed by atoms with Gasteiger partial charge >= 0.3 is 5.95 Å². The summed E-state index contributed by atoms with van der Waals surface area (Å²) < 4.78 is 11.6. The van der Waals surface area contributed by atoms with Crippen LogP contribution in [0.2, 0.25) is 0 Å². The third kappa shape index (κ3) is 3.83. The minimum Gasteiger partial charge on any atom is -0.463 e. The zero-order valence-electron chi connectivity index (χ0n) is 11.1. The summed E-state index contributed by atoms with van der Waals surface area (Å²) in [6.07, 6.45) is 4.70. The molecule has 0 aliphatic heterocycles. The molecule has 0 saturated carbocycles. The Balaban J connectivity index is 1.95. The lowest BCUT2D eigenvalue weighted by Gasteiger charge is -2.01. The lowest BCUT2D eigenvalue weighted by atomic mass is 10.2. The molecule has 1 aromatic heterocycles. The molecular formula is C15H18BrNO2. The third-order valence-electron chi connectivity index (χ3n) is 2.89. The molecule has 3 nitrogen and oxygen atoms in total. The van der Waals surface area contributed by atoms with Crippen molar-refractivity contribution in [3.05, 3.63) is 34.8 Å². The standard InChI is InChI=1S/C15H18BrNO2/c1-2-3-4-8-11-18-15-13(16)14(17-19-15)12-9-6-5-7-10-12/h5-7,9-10H,2-4,8,11H2,1H3. The van der Waals surface area contributed by atoms with Crippen LogP contribution in [0.3, 0.4) is 0 Å². The Bertz CT molecular complexity index is 496. The van der Waals surface area contributed by atoms with Crippen LogP contribution in [0.4, 0.5) is 0 Å². The molecule has 0 atom stereocenters. The van der Waals surface area contributed by atoms with E-state index in [1.165, 1.54) is 19.3 Å². The number of hydrogen-bond acceptors (Lipinski definition) is 3. The van der Waals surface area contributed by atoms with Crippen LogP contribution >= 0.6 is 15.9 Å². The van der Waals surface area contributed by atoms with Gasteiger partial charge in [0.2, 0.25) is 0 Å². The number of rotatable bonds is 7. The molecule has 1 aromatic carbocycles. The second-order valence-corrected chi connectivity index (χ2v) is 5.20. The fourth-order valence-electron chi connectivity index (χ4n) is 1.82. The average Bonchev–Trinajstić information content (AvgIpc) is 2.81. The van der Waals surface area contributed by atoms with Gasteiger partial charge in [-0.15, -0.1) is 0 Å². The monoisotopic (exact) mass is 323 g/mol. The van der Waals surface area contributed by atoms with E-state index in [0.29, 0.717) is 12.6 Å². The Morgan fingerprint density at radius 2 is 1.95 bits per heavy atom. The highest BCUT2D eigenvalue weighted by Gasteiger charge is 2.15. The van der Waals surface area contributed by atoms with E-state index < -0.39 is 0 Å². The van der Waals surface area contributed by atoms with Crippen LogP contribution < -0.4 is 4.74 Å². The predicted molar refractivity (Wildman–Crippen MR) is 79.3 cm³/mol. The lowest BCUT2D eigenvalue weighted by Crippen LogP contribution is -1.96. The molecule has 19 heavy (non-hydrogen) atoms. The summed E-state index contributed by atoms with van der Waals surface area (Å²) in [5.74, 6) is 0.468. The SMILES string of the molecule is CCCCCCOc1onc(-c2ccccc2)c1Br. The molecule has 4 heteroatoms. The summed E-state index contributed by atoms with van der Waals surface area (Å²) in [5.41, 5.74) is 1.79. The van der Waals surface area contributed by atoms with Crippen molar-refractivity contribution >= 4 is 15.9 Å². The van der Waals surface area contributed by atoms with Crippen LogP contribution in [0, 0.1) is 0 Å². The van der Waals surface area contributed by atoms with Gasteiger partial charge in [0, 0.05) is 5.56 Å². The van der Waals surface area contributed by atoms with Gasteiger partial charge in [-0.3, -0.25) is 0 Å². The van der Waals surface area contributed by atoms with Gasteiger partial charge in [0.15, 0.2) is 0 Å². The predicted octanol–water partition coefficient (Wildman–Crippen LogP) is 5.06. The van der Waals surface area contributed by atoms with Crippen LogP contribution in [-0.4, -0.2) is 11.8 Å². The molecule has 0 aliphatic rings. The zero-order chi connectivity index (χ0) is 13.5. The van der Waals surface area contributed by atoms with E-state index in [1.54, 1.807) is 0 Å². The van der Waals surface area contributed by atoms with Crippen LogP contribution in [0.15, 0.2) is 39.3 Å². The number of halogens is 1. The minimum absolute atomic E-state index is 0.468. The van der Waals surface area contributed by atoms with Crippen LogP contribution in [-0.2, 0) is 0 Å². The molecule has 102 valence electrons. The number of unbranched alkanes of at least 4 members (excludes halogenated alkanes) is 3. The highest BCUT2D eigenvalue weighted by atomic mass is 79.9. The topological polar surface area (TPSA) is 35.3 Å². The first kappa shape index (κ1) is 14.1. The largest absolute Gasteiger partial charge is 0.463 e. The number of ether oxygens (including phenoxy) is 1. The van der Waals surface area contributed by atoms with Gasteiger partial charge in [0.05, 0.1) is 6.61 Å². The third-order valence-corrected chi connectivity index (χ3v) is 3.58. The molecule has 0 radical (unpaired) electrons. The van der Waals surface area contributed by atoms with E-state index in [4.69, 9.17) is 9.26 Å². The molecule has 0 aliphatic carbocycles. The normalized spacial score (nSPS) is 10.6. The number of hydrogen-bond donors (Lipinski definition) is 0. The number of nitrogens with zero attached hydrogens (tertiary/aromatic N) is 1. The number of benzene rings is 1. The fraction of sp³-hybridized carbons (Fsp3) is 0.400. The maximum atomic E-state index is 5.61. The van der Waals surface area contributed by atoms with E-state index >= 15 is 0 Å². The molecule has 1 heterocycles. The van der Waals surface area contributed by atoms with Crippen LogP contribution in [0.5, 0.6) is 5.95 Å². The van der Waals surface area contributed by atoms with Crippen LogP contribution in [0.25, 0.3) is 11.3 Å². The molecular weight excluding hydrogens is 306 g/mol. The molecule has 0 saturated heterocycles. The Hall–Kier alpha value is -1.29. The Kier molecular flexibility index (Phi) is 5.45. The van der Waals surface area contributed by atoms with E-state index in [1.807, 2.05) is 30.3 Å². The van der Waals surface area contributed by atoms with E-state index in [0.717, 1.165) is 22.2 Å². The smallest absolute Gasteiger partial charge is 0.326 e. The highest BCUT2D eigenvalue weighted by Crippen LogP contribution is 2.35. The van der Waals surface area contributed by atoms with E-state index in [9.17, 15) is 0 Å². The maximum Gasteiger partial charge on any atom is 0.326 e. The van der Waals surface area contributed by atoms with E-state index in [-0.39, 0.29) is 0 Å². The molecule has 0 N–H and O–H groups in total. The first-order valence-electron chi connectivity index (χ1n) is 6.66. The van der Waals surface area contributed by atoms with Gasteiger partial charge in [0.25, 0.3) is 0 Å². The van der Waals surface area contributed by atoms with Crippen molar-refractivity contribution in [2.75, 3.05) is 6.61 Å². The van der Waals surface area contributed by atoms with E-state index in [2.05, 4.69) is 28.0 Å². The molecule has 0 amide bonds. The zero-order valence-corrected chi connectivity index (χ0v) is 12.6. The second kappa shape index (κ2) is 7.34. The summed E-state index contributed by atoms with van der Waals surface area (Å²) >= 11 is 3.49. The second-order valence-electron chi connectivity index (χ2n) is 4.41. The fourth-order valence-corrected chi connectivity index (χ4v) is 2.31. The highest BCUT2D eigenvalue weighted by molar-refractivity contribution is 9.10. The number of aromatic nitrogens is 1. The molecule has 0 fully saturated rings. The summed E-state index contributed by atoms with van der Waals surface area (Å²) in [6, 6.07) is 9.91. The minimum atomic E-state index is 0.468. The van der Waals surface area contributed by atoms with Crippen molar-refractivity contribution in [1.29, 1.82) is 0 Å². The first-order chi connectivity index (χ1) is 9.33. The van der Waals surface area contributed by atoms with Crippen molar-refractivity contribution in [1.82, 2.24) is 5.16 Å². The van der Waals surface area contributed by atoms with Gasteiger partial charge < -0.3 is 9.26 Å². The quantitative estimate of drug-likeness (QED) is 0.668. The summed E-state index contributed by atoms with van der Waals surface area (Å²) in [4.78, 5) is 0. The molecule has 2 aromatic rings. The summed E-state index contributed by atoms with van der Waals surface area (Å²) in [7, 11) is 0. The van der Waals surface area contributed by atoms with Gasteiger partial charge in [0.1, 0.15) is 10.2 Å². The van der Waals surface area contributed by atoms with Crippen molar-refractivity contribution in [3.8, 4) is 17.2 Å². The Labute approximate surface area is 122 Å².